The molecule has 2 aromatic heterocycles. The summed E-state index contributed by atoms with van der Waals surface area (Å²) in [5.74, 6) is 0. The van der Waals surface area contributed by atoms with Crippen LogP contribution < -0.4 is 0 Å². The highest BCUT2D eigenvalue weighted by molar-refractivity contribution is 7.26. The third-order valence-corrected chi connectivity index (χ3v) is 24.4. The molecule has 0 aliphatic heterocycles. The second kappa shape index (κ2) is 41.2. The summed E-state index contributed by atoms with van der Waals surface area (Å²) in [6.45, 7) is 25.9. The van der Waals surface area contributed by atoms with Crippen molar-refractivity contribution in [2.24, 2.45) is 0 Å². The summed E-state index contributed by atoms with van der Waals surface area (Å²) >= 11 is 3.76. The lowest BCUT2D eigenvalue weighted by Crippen LogP contribution is -2.14. The quantitative estimate of drug-likeness (QED) is 0.172. The minimum atomic E-state index is 0.151. The normalized spacial score (nSPS) is 11.0. The molecule has 0 unspecified atom stereocenters. The zero-order valence-electron chi connectivity index (χ0n) is 71.6. The Balaban J connectivity index is 0.000000118. The second-order valence-corrected chi connectivity index (χ2v) is 33.9. The number of hydrogen-bond acceptors (Lipinski definition) is 3. The molecule has 21 rings (SSSR count). The molecule has 1 nitrogen and oxygen atoms in total. The Bertz CT molecular complexity index is 6810. The first-order valence-corrected chi connectivity index (χ1v) is 43.3. The average molecular weight is 1600 g/mol. The number of nitrogens with zero attached hydrogens (tertiary/aromatic N) is 1. The first kappa shape index (κ1) is 85.3. The molecule has 2 heterocycles. The number of thiophene rings is 2. The van der Waals surface area contributed by atoms with E-state index in [1.54, 1.807) is 0 Å². The van der Waals surface area contributed by atoms with Crippen LogP contribution in [0.25, 0.3) is 118 Å². The SMILES string of the molecule is Cc1ccc(-c2ccc3c(c2)sc2ccccc23)cc1.Cc1ccc(-c2ccccc2)c(C)c1.Cc1ccc(-c2ccccc2)cc1.Cc1ccc(C#N)cc1.Cc1ccc2c(c1)C(C)(C)c1ccccc1-2.Cc1ccc2ccccc2c1.Cc1cccc(-c2ccccc2)c1.Cc1cccc2c1sc1ccccc12.Cc1cccc2ccccc12. The molecule has 0 fully saturated rings. The molecule has 20 aromatic rings. The zero-order valence-corrected chi connectivity index (χ0v) is 73.2. The van der Waals surface area contributed by atoms with Crippen molar-refractivity contribution >= 4 is 84.6 Å². The minimum absolute atomic E-state index is 0.151. The summed E-state index contributed by atoms with van der Waals surface area (Å²) < 4.78 is 5.54. The lowest BCUT2D eigenvalue weighted by molar-refractivity contribution is 0.660. The van der Waals surface area contributed by atoms with E-state index in [1.807, 2.05) is 72.1 Å². The lowest BCUT2D eigenvalue weighted by Gasteiger charge is -2.21. The van der Waals surface area contributed by atoms with E-state index in [0.29, 0.717) is 0 Å². The van der Waals surface area contributed by atoms with Gasteiger partial charge in [0.1, 0.15) is 0 Å². The van der Waals surface area contributed by atoms with Crippen molar-refractivity contribution in [1.29, 1.82) is 5.26 Å². The summed E-state index contributed by atoms with van der Waals surface area (Å²) in [5, 5.41) is 19.2. The van der Waals surface area contributed by atoms with E-state index >= 15 is 0 Å². The standard InChI is InChI=1S/C19H14S.C16H16.C14H14.C13H10S.2C13H12.2C11H10.C8H7N/c1-13-6-8-14(9-7-13)15-10-11-17-16-4-2-3-5-18(16)20-19(17)12-15;1-11-8-9-13-12-6-4-5-7-14(12)16(2,3)15(13)10-11;1-11-8-9-14(12(2)10-11)13-6-4-3-5-7-13;1-9-5-4-7-11-10-6-2-3-8-12(10)14-13(9)11;1-11-6-5-9-13(10-11)12-7-3-2-4-8-12;1-11-7-9-13(10-8-11)12-5-3-2-4-6-12;1-9-5-4-7-10-6-2-3-8-11(9)10;1-9-6-7-10-4-2-3-5-11(10)8-9;1-7-2-4-8(6-9)5-3-7/h2-12H,1H3;4-10H,1-3H3;3-10H,1-2H3;2-8H,1H3;2*2-10H,1H3;2*2-8H,1H3;2-5H,1H3. The van der Waals surface area contributed by atoms with E-state index in [0.717, 1.165) is 5.56 Å². The molecule has 0 N–H and O–H groups in total. The molecule has 1 aliphatic rings. The van der Waals surface area contributed by atoms with Gasteiger partial charge >= 0.3 is 0 Å². The Morgan fingerprint density at radius 2 is 0.612 bits per heavy atom. The minimum Gasteiger partial charge on any atom is -0.192 e. The van der Waals surface area contributed by atoms with Crippen LogP contribution in [-0.2, 0) is 5.41 Å². The van der Waals surface area contributed by atoms with Crippen molar-refractivity contribution < 1.29 is 0 Å². The predicted octanol–water partition coefficient (Wildman–Crippen LogP) is 34.2. The second-order valence-electron chi connectivity index (χ2n) is 31.7. The molecule has 0 bridgehead atoms. The van der Waals surface area contributed by atoms with Crippen molar-refractivity contribution in [2.75, 3.05) is 0 Å². The van der Waals surface area contributed by atoms with Crippen molar-refractivity contribution in [1.82, 2.24) is 0 Å². The fourth-order valence-corrected chi connectivity index (χ4v) is 17.6. The Morgan fingerprint density at radius 3 is 1.23 bits per heavy atom. The molecule has 0 saturated carbocycles. The van der Waals surface area contributed by atoms with Gasteiger partial charge in [-0.2, -0.15) is 5.26 Å². The molecule has 18 aromatic carbocycles. The van der Waals surface area contributed by atoms with Crippen LogP contribution in [0.2, 0.25) is 0 Å². The summed E-state index contributed by atoms with van der Waals surface area (Å²) in [4.78, 5) is 0. The van der Waals surface area contributed by atoms with E-state index in [2.05, 4.69) is 458 Å². The van der Waals surface area contributed by atoms with Crippen LogP contribution in [0, 0.1) is 80.6 Å². The van der Waals surface area contributed by atoms with Gasteiger partial charge in [0.2, 0.25) is 0 Å². The average Bonchev–Trinajstić information content (AvgIpc) is 1.58. The van der Waals surface area contributed by atoms with Crippen LogP contribution in [0.3, 0.4) is 0 Å². The van der Waals surface area contributed by atoms with Crippen molar-refractivity contribution in [2.45, 2.75) is 88.5 Å². The monoisotopic (exact) mass is 1600 g/mol. The molecule has 0 spiro atoms. The zero-order chi connectivity index (χ0) is 84.6. The molecule has 0 amide bonds. The fourth-order valence-electron chi connectivity index (χ4n) is 15.3. The maximum Gasteiger partial charge on any atom is 0.0991 e. The van der Waals surface area contributed by atoms with Gasteiger partial charge in [0, 0.05) is 45.8 Å². The number of nitriles is 1. The molecule has 0 atom stereocenters. The Labute approximate surface area is 725 Å². The van der Waals surface area contributed by atoms with E-state index in [4.69, 9.17) is 5.26 Å². The Kier molecular flexibility index (Phi) is 29.0. The maximum atomic E-state index is 8.38. The lowest BCUT2D eigenvalue weighted by atomic mass is 9.82. The molecule has 0 saturated heterocycles. The van der Waals surface area contributed by atoms with Crippen molar-refractivity contribution in [3.63, 3.8) is 0 Å². The van der Waals surface area contributed by atoms with Crippen LogP contribution in [0.15, 0.2) is 419 Å². The van der Waals surface area contributed by atoms with Crippen molar-refractivity contribution in [3.05, 3.63) is 491 Å². The number of aryl methyl sites for hydroxylation is 10. The third kappa shape index (κ3) is 22.4. The molecule has 121 heavy (non-hydrogen) atoms. The van der Waals surface area contributed by atoms with Crippen molar-refractivity contribution in [3.8, 4) is 61.7 Å². The summed E-state index contributed by atoms with van der Waals surface area (Å²) in [7, 11) is 0. The number of rotatable bonds is 4. The van der Waals surface area contributed by atoms with Gasteiger partial charge in [0.15, 0.2) is 0 Å². The molecule has 594 valence electrons. The Hall–Kier alpha value is -13.6. The van der Waals surface area contributed by atoms with E-state index in [9.17, 15) is 0 Å². The van der Waals surface area contributed by atoms with E-state index < -0.39 is 0 Å². The molecular weight excluding hydrogens is 1500 g/mol. The van der Waals surface area contributed by atoms with Crippen LogP contribution in [-0.4, -0.2) is 0 Å². The predicted molar refractivity (Wildman–Crippen MR) is 530 cm³/mol. The van der Waals surface area contributed by atoms with Crippen LogP contribution >= 0.6 is 22.7 Å². The third-order valence-electron chi connectivity index (χ3n) is 21.9. The van der Waals surface area contributed by atoms with Gasteiger partial charge < -0.3 is 0 Å². The van der Waals surface area contributed by atoms with Gasteiger partial charge in [-0.15, -0.1) is 22.7 Å². The largest absolute Gasteiger partial charge is 0.192 e. The van der Waals surface area contributed by atoms with E-state index in [1.165, 1.54) is 184 Å². The highest BCUT2D eigenvalue weighted by atomic mass is 32.1. The van der Waals surface area contributed by atoms with Crippen LogP contribution in [0.5, 0.6) is 0 Å². The highest BCUT2D eigenvalue weighted by Gasteiger charge is 2.35. The molecular formula is C118H105NS2. The van der Waals surface area contributed by atoms with Gasteiger partial charge in [-0.1, -0.05) is 441 Å². The van der Waals surface area contributed by atoms with Gasteiger partial charge in [-0.3, -0.25) is 0 Å². The van der Waals surface area contributed by atoms with Crippen LogP contribution in [0.1, 0.15) is 86.2 Å². The molecule has 0 radical (unpaired) electrons. The maximum absolute atomic E-state index is 8.38. The Morgan fingerprint density at radius 1 is 0.215 bits per heavy atom. The van der Waals surface area contributed by atoms with Crippen LogP contribution in [0.4, 0.5) is 0 Å². The van der Waals surface area contributed by atoms with E-state index in [-0.39, 0.29) is 5.41 Å². The summed E-state index contributed by atoms with van der Waals surface area (Å²) in [6.07, 6.45) is 0. The van der Waals surface area contributed by atoms with Gasteiger partial charge in [0.25, 0.3) is 0 Å². The topological polar surface area (TPSA) is 23.8 Å². The highest BCUT2D eigenvalue weighted by Crippen LogP contribution is 2.49. The molecule has 3 heteroatoms. The molecule has 1 aliphatic carbocycles. The fraction of sp³-hybridized carbons (Fsp3) is 0.110. The number of fused-ring (bicyclic) bond motifs is 11. The van der Waals surface area contributed by atoms with Gasteiger partial charge in [0.05, 0.1) is 11.6 Å². The summed E-state index contributed by atoms with van der Waals surface area (Å²) in [5.41, 5.74) is 30.1. The first-order valence-electron chi connectivity index (χ1n) is 41.6. The number of hydrogen-bond donors (Lipinski definition) is 0. The smallest absolute Gasteiger partial charge is 0.0991 e. The summed E-state index contributed by atoms with van der Waals surface area (Å²) in [6, 6.07) is 149. The van der Waals surface area contributed by atoms with Gasteiger partial charge in [-0.05, 0) is 205 Å². The first-order chi connectivity index (χ1) is 58.8. The number of benzene rings is 18. The van der Waals surface area contributed by atoms with Gasteiger partial charge in [-0.25, -0.2) is 0 Å².